The summed E-state index contributed by atoms with van der Waals surface area (Å²) in [5.74, 6) is 1.51. The van der Waals surface area contributed by atoms with Gasteiger partial charge in [-0.2, -0.15) is 4.98 Å². The topological polar surface area (TPSA) is 131 Å². The lowest BCUT2D eigenvalue weighted by Crippen LogP contribution is -2.67. The minimum absolute atomic E-state index is 0.0460. The van der Waals surface area contributed by atoms with Gasteiger partial charge in [0.25, 0.3) is 0 Å². The van der Waals surface area contributed by atoms with Crippen molar-refractivity contribution >= 4 is 34.2 Å². The minimum Gasteiger partial charge on any atom is -0.476 e. The number of nitrogens with one attached hydrogen (secondary N) is 1. The molecular weight excluding hydrogens is 520 g/mol. The summed E-state index contributed by atoms with van der Waals surface area (Å²) in [5, 5.41) is 17.7. The van der Waals surface area contributed by atoms with Crippen molar-refractivity contribution in [2.45, 2.75) is 75.7 Å². The summed E-state index contributed by atoms with van der Waals surface area (Å²) >= 11 is 5.93. The maximum atomic E-state index is 13.6. The van der Waals surface area contributed by atoms with E-state index in [0.29, 0.717) is 34.0 Å². The number of hydrogen-bond donors (Lipinski definition) is 2. The Morgan fingerprint density at radius 3 is 2.59 bits per heavy atom. The number of carboxylic acid groups (broad SMARTS) is 1. The Labute approximate surface area is 228 Å². The Bertz CT molecular complexity index is 1730. The molecule has 1 atom stereocenters. The number of fused-ring (bicyclic) bond motifs is 1. The Hall–Kier alpha value is -3.72. The number of anilines is 1. The average Bonchev–Trinajstić information content (AvgIpc) is 3.59. The summed E-state index contributed by atoms with van der Waals surface area (Å²) in [6.45, 7) is 5.67. The van der Waals surface area contributed by atoms with Gasteiger partial charge in [0.1, 0.15) is 16.5 Å². The van der Waals surface area contributed by atoms with Crippen LogP contribution < -0.4 is 10.7 Å². The third kappa shape index (κ3) is 3.62. The van der Waals surface area contributed by atoms with E-state index >= 15 is 0 Å². The second kappa shape index (κ2) is 8.14. The highest BCUT2D eigenvalue weighted by Gasteiger charge is 2.73. The molecule has 0 unspecified atom stereocenters. The van der Waals surface area contributed by atoms with Crippen molar-refractivity contribution in [3.8, 4) is 0 Å². The van der Waals surface area contributed by atoms with Gasteiger partial charge in [-0.05, 0) is 76.6 Å². The van der Waals surface area contributed by atoms with E-state index in [-0.39, 0.29) is 33.1 Å². The summed E-state index contributed by atoms with van der Waals surface area (Å²) in [6, 6.07) is 6.56. The lowest BCUT2D eigenvalue weighted by Gasteiger charge is -2.67. The van der Waals surface area contributed by atoms with Gasteiger partial charge in [-0.3, -0.25) is 4.79 Å². The minimum atomic E-state index is -1.19. The number of aromatic carboxylic acids is 1. The number of carbonyl (C=O) groups is 1. The number of rotatable bonds is 7. The maximum absolute atomic E-state index is 13.6. The highest BCUT2D eigenvalue weighted by molar-refractivity contribution is 6.29. The molecule has 9 nitrogen and oxygen atoms in total. The molecule has 3 heterocycles. The number of halogens is 1. The Morgan fingerprint density at radius 2 is 1.90 bits per heavy atom. The molecule has 3 aromatic heterocycles. The number of nitrogens with zero attached hydrogens (tertiary/aromatic N) is 3. The van der Waals surface area contributed by atoms with Crippen LogP contribution in [0, 0.1) is 13.8 Å². The van der Waals surface area contributed by atoms with Crippen LogP contribution in [0.3, 0.4) is 0 Å². The molecule has 2 bridgehead atoms. The first-order valence-electron chi connectivity index (χ1n) is 13.2. The third-order valence-electron chi connectivity index (χ3n) is 8.64. The van der Waals surface area contributed by atoms with Crippen molar-refractivity contribution in [2.24, 2.45) is 0 Å². The summed E-state index contributed by atoms with van der Waals surface area (Å²) < 4.78 is 12.3. The molecule has 2 N–H and O–H groups in total. The van der Waals surface area contributed by atoms with Gasteiger partial charge < -0.3 is 19.4 Å². The van der Waals surface area contributed by atoms with Gasteiger partial charge in [-0.15, -0.1) is 0 Å². The molecule has 0 spiro atoms. The summed E-state index contributed by atoms with van der Waals surface area (Å²) in [7, 11) is 0. The summed E-state index contributed by atoms with van der Waals surface area (Å²) in [6.07, 6.45) is 4.69. The monoisotopic (exact) mass is 546 g/mol. The molecule has 4 saturated carbocycles. The summed E-state index contributed by atoms with van der Waals surface area (Å²) in [5.41, 5.74) is 2.58. The van der Waals surface area contributed by atoms with Crippen LogP contribution in [0.2, 0.25) is 5.15 Å². The van der Waals surface area contributed by atoms with Gasteiger partial charge in [0.2, 0.25) is 5.89 Å². The number of aromatic nitrogens is 3. The molecule has 8 rings (SSSR count). The van der Waals surface area contributed by atoms with Gasteiger partial charge >= 0.3 is 5.97 Å². The van der Waals surface area contributed by atoms with Gasteiger partial charge in [0.15, 0.2) is 16.9 Å². The molecule has 0 amide bonds. The van der Waals surface area contributed by atoms with E-state index in [4.69, 9.17) is 25.5 Å². The quantitative estimate of drug-likeness (QED) is 0.269. The fraction of sp³-hybridized carbons (Fsp3) is 0.414. The predicted molar refractivity (Wildman–Crippen MR) is 144 cm³/mol. The zero-order valence-corrected chi connectivity index (χ0v) is 22.6. The van der Waals surface area contributed by atoms with Crippen molar-refractivity contribution in [1.82, 2.24) is 15.1 Å². The second-order valence-corrected chi connectivity index (χ2v) is 12.0. The zero-order valence-electron chi connectivity index (χ0n) is 21.8. The lowest BCUT2D eigenvalue weighted by atomic mass is 9.34. The van der Waals surface area contributed by atoms with E-state index < -0.39 is 5.97 Å². The summed E-state index contributed by atoms with van der Waals surface area (Å²) in [4.78, 5) is 34.1. The van der Waals surface area contributed by atoms with Crippen molar-refractivity contribution in [2.75, 3.05) is 5.32 Å². The Kier molecular flexibility index (Phi) is 5.08. The maximum Gasteiger partial charge on any atom is 0.356 e. The molecule has 4 fully saturated rings. The molecule has 39 heavy (non-hydrogen) atoms. The molecule has 4 aliphatic rings. The van der Waals surface area contributed by atoms with Crippen LogP contribution in [-0.2, 0) is 10.8 Å². The number of carboxylic acids is 1. The highest BCUT2D eigenvalue weighted by atomic mass is 35.5. The largest absolute Gasteiger partial charge is 0.476 e. The van der Waals surface area contributed by atoms with Crippen LogP contribution in [-0.4, -0.2) is 26.2 Å². The fourth-order valence-corrected chi connectivity index (χ4v) is 6.78. The van der Waals surface area contributed by atoms with Gasteiger partial charge in [-0.25, -0.2) is 9.78 Å². The van der Waals surface area contributed by atoms with Crippen LogP contribution in [0.5, 0.6) is 0 Å². The van der Waals surface area contributed by atoms with Gasteiger partial charge in [0.05, 0.1) is 22.5 Å². The van der Waals surface area contributed by atoms with E-state index in [0.717, 1.165) is 54.8 Å². The molecule has 0 radical (unpaired) electrons. The third-order valence-corrected chi connectivity index (χ3v) is 8.85. The first-order chi connectivity index (χ1) is 18.6. The van der Waals surface area contributed by atoms with Crippen molar-refractivity contribution in [3.05, 3.63) is 79.5 Å². The first kappa shape index (κ1) is 24.3. The van der Waals surface area contributed by atoms with E-state index in [1.165, 1.54) is 6.07 Å². The van der Waals surface area contributed by atoms with E-state index in [9.17, 15) is 14.7 Å². The molecule has 1 aromatic carbocycles. The highest BCUT2D eigenvalue weighted by Crippen LogP contribution is 2.74. The van der Waals surface area contributed by atoms with Crippen LogP contribution in [0.1, 0.15) is 95.6 Å². The van der Waals surface area contributed by atoms with E-state index in [2.05, 4.69) is 15.5 Å². The predicted octanol–water partition coefficient (Wildman–Crippen LogP) is 5.96. The van der Waals surface area contributed by atoms with Crippen molar-refractivity contribution < 1.29 is 18.8 Å². The molecular formula is C29H27ClN4O5. The Morgan fingerprint density at radius 1 is 1.15 bits per heavy atom. The van der Waals surface area contributed by atoms with Crippen molar-refractivity contribution in [3.63, 3.8) is 0 Å². The van der Waals surface area contributed by atoms with E-state index in [1.54, 1.807) is 6.07 Å². The SMILES string of the molecule is Cc1cc([C@@H](C)Nc2ccc(Cl)nc2C(=O)O)c2oc(C34CC(c5nc(C6CC6)no5)(C3)C4)c(C)c(=O)c2c1. The average molecular weight is 547 g/mol. The Balaban J connectivity index is 1.25. The number of aryl methyl sites for hydroxylation is 1. The van der Waals surface area contributed by atoms with E-state index in [1.807, 2.05) is 32.9 Å². The number of pyridine rings is 1. The number of benzene rings is 1. The molecule has 200 valence electrons. The van der Waals surface area contributed by atoms with Crippen LogP contribution in [0.15, 0.2) is 38.0 Å². The zero-order chi connectivity index (χ0) is 27.3. The van der Waals surface area contributed by atoms with Crippen molar-refractivity contribution in [1.29, 1.82) is 0 Å². The first-order valence-corrected chi connectivity index (χ1v) is 13.6. The second-order valence-electron chi connectivity index (χ2n) is 11.6. The van der Waals surface area contributed by atoms with Crippen LogP contribution >= 0.6 is 11.6 Å². The lowest BCUT2D eigenvalue weighted by molar-refractivity contribution is -0.102. The van der Waals surface area contributed by atoms with Gasteiger partial charge in [0, 0.05) is 22.5 Å². The molecule has 4 aliphatic carbocycles. The van der Waals surface area contributed by atoms with Crippen LogP contribution in [0.4, 0.5) is 5.69 Å². The molecule has 4 aromatic rings. The molecule has 0 saturated heterocycles. The smallest absolute Gasteiger partial charge is 0.356 e. The standard InChI is InChI=1S/C29H27ClN4O5/c1-13-8-17(15(3)31-19-6-7-20(30)32-21(19)26(36)37)23-18(9-13)22(35)14(2)24(38-23)28-10-29(11-28,12-28)27-33-25(34-39-27)16-4-5-16/h6-9,15-16,31H,4-5,10-12H2,1-3H3,(H,36,37)/t15-,28?,29?/m1/s1. The fourth-order valence-electron chi connectivity index (χ4n) is 6.63. The molecule has 0 aliphatic heterocycles. The molecule has 10 heteroatoms. The number of hydrogen-bond acceptors (Lipinski definition) is 8. The normalized spacial score (nSPS) is 24.2. The van der Waals surface area contributed by atoms with Crippen LogP contribution in [0.25, 0.3) is 11.0 Å². The van der Waals surface area contributed by atoms with Gasteiger partial charge in [-0.1, -0.05) is 22.8 Å².